The zero-order chi connectivity index (χ0) is 14.5. The summed E-state index contributed by atoms with van der Waals surface area (Å²) in [5.41, 5.74) is 3.22. The zero-order valence-corrected chi connectivity index (χ0v) is 12.9. The van der Waals surface area contributed by atoms with Gasteiger partial charge >= 0.3 is 0 Å². The van der Waals surface area contributed by atoms with E-state index in [0.717, 1.165) is 27.8 Å². The van der Waals surface area contributed by atoms with Crippen molar-refractivity contribution in [3.8, 4) is 0 Å². The standard InChI is InChI=1S/C15H20N2O2S/c1-4-11-5-7-12(8-6-11)17(2)15-16-13(10-19-3)14(9-18)20-15/h5-8,18H,4,9-10H2,1-3H3. The first-order chi connectivity index (χ1) is 9.69. The molecule has 1 N–H and O–H groups in total. The number of hydrogen-bond donors (Lipinski definition) is 1. The zero-order valence-electron chi connectivity index (χ0n) is 12.1. The summed E-state index contributed by atoms with van der Waals surface area (Å²) < 4.78 is 5.11. The lowest BCUT2D eigenvalue weighted by atomic mass is 10.1. The first-order valence-electron chi connectivity index (χ1n) is 6.60. The number of benzene rings is 1. The van der Waals surface area contributed by atoms with Crippen molar-refractivity contribution in [3.63, 3.8) is 0 Å². The van der Waals surface area contributed by atoms with Gasteiger partial charge in [0.25, 0.3) is 0 Å². The van der Waals surface area contributed by atoms with Crippen molar-refractivity contribution in [1.82, 2.24) is 4.98 Å². The van der Waals surface area contributed by atoms with E-state index in [-0.39, 0.29) is 6.61 Å². The molecule has 108 valence electrons. The van der Waals surface area contributed by atoms with E-state index in [1.54, 1.807) is 7.11 Å². The minimum Gasteiger partial charge on any atom is -0.391 e. The molecule has 2 rings (SSSR count). The van der Waals surface area contributed by atoms with Crippen molar-refractivity contribution in [3.05, 3.63) is 40.4 Å². The van der Waals surface area contributed by atoms with Gasteiger partial charge in [0.05, 0.1) is 23.8 Å². The fraction of sp³-hybridized carbons (Fsp3) is 0.400. The van der Waals surface area contributed by atoms with E-state index in [2.05, 4.69) is 36.2 Å². The molecule has 0 saturated heterocycles. The molecular formula is C15H20N2O2S. The van der Waals surface area contributed by atoms with Crippen LogP contribution in [0.15, 0.2) is 24.3 Å². The van der Waals surface area contributed by atoms with Gasteiger partial charge < -0.3 is 14.7 Å². The second kappa shape index (κ2) is 6.83. The molecule has 0 amide bonds. The molecule has 0 bridgehead atoms. The van der Waals surface area contributed by atoms with E-state index >= 15 is 0 Å². The normalized spacial score (nSPS) is 10.8. The van der Waals surface area contributed by atoms with Crippen molar-refractivity contribution in [2.75, 3.05) is 19.1 Å². The number of aromatic nitrogens is 1. The van der Waals surface area contributed by atoms with Gasteiger partial charge in [0.2, 0.25) is 0 Å². The Labute approximate surface area is 123 Å². The molecule has 20 heavy (non-hydrogen) atoms. The average Bonchev–Trinajstić information content (AvgIpc) is 2.90. The van der Waals surface area contributed by atoms with Gasteiger partial charge in [-0.2, -0.15) is 0 Å². The molecule has 0 fully saturated rings. The van der Waals surface area contributed by atoms with Crippen LogP contribution in [0.25, 0.3) is 0 Å². The van der Waals surface area contributed by atoms with Crippen LogP contribution in [0.3, 0.4) is 0 Å². The Kier molecular flexibility index (Phi) is 5.11. The Morgan fingerprint density at radius 1 is 1.30 bits per heavy atom. The van der Waals surface area contributed by atoms with E-state index < -0.39 is 0 Å². The number of methoxy groups -OCH3 is 1. The van der Waals surface area contributed by atoms with Crippen LogP contribution in [0.1, 0.15) is 23.1 Å². The van der Waals surface area contributed by atoms with Gasteiger partial charge in [-0.25, -0.2) is 4.98 Å². The SMILES string of the molecule is CCc1ccc(N(C)c2nc(COC)c(CO)s2)cc1. The van der Waals surface area contributed by atoms with Crippen LogP contribution in [0.5, 0.6) is 0 Å². The Morgan fingerprint density at radius 2 is 2.00 bits per heavy atom. The first kappa shape index (κ1) is 15.0. The summed E-state index contributed by atoms with van der Waals surface area (Å²) >= 11 is 1.50. The summed E-state index contributed by atoms with van der Waals surface area (Å²) in [4.78, 5) is 7.44. The largest absolute Gasteiger partial charge is 0.391 e. The second-order valence-electron chi connectivity index (χ2n) is 4.54. The molecule has 0 spiro atoms. The smallest absolute Gasteiger partial charge is 0.190 e. The minimum atomic E-state index is -0.00102. The summed E-state index contributed by atoms with van der Waals surface area (Å²) in [5, 5.41) is 10.2. The highest BCUT2D eigenvalue weighted by Crippen LogP contribution is 2.31. The summed E-state index contributed by atoms with van der Waals surface area (Å²) in [6.07, 6.45) is 1.04. The number of ether oxygens (including phenoxy) is 1. The minimum absolute atomic E-state index is 0.00102. The van der Waals surface area contributed by atoms with Crippen LogP contribution in [0.2, 0.25) is 0 Å². The Hall–Kier alpha value is -1.43. The van der Waals surface area contributed by atoms with Gasteiger partial charge in [-0.1, -0.05) is 30.4 Å². The molecule has 0 aliphatic rings. The monoisotopic (exact) mass is 292 g/mol. The average molecular weight is 292 g/mol. The van der Waals surface area contributed by atoms with E-state index in [1.807, 2.05) is 11.9 Å². The highest BCUT2D eigenvalue weighted by Gasteiger charge is 2.14. The topological polar surface area (TPSA) is 45.6 Å². The highest BCUT2D eigenvalue weighted by molar-refractivity contribution is 7.15. The molecule has 5 heteroatoms. The number of rotatable bonds is 6. The van der Waals surface area contributed by atoms with Crippen LogP contribution in [-0.2, 0) is 24.4 Å². The molecule has 0 radical (unpaired) electrons. The van der Waals surface area contributed by atoms with Crippen molar-refractivity contribution in [2.45, 2.75) is 26.6 Å². The van der Waals surface area contributed by atoms with Gasteiger partial charge in [-0.15, -0.1) is 0 Å². The molecule has 0 atom stereocenters. The maximum absolute atomic E-state index is 9.38. The molecule has 0 aliphatic heterocycles. The van der Waals surface area contributed by atoms with E-state index in [0.29, 0.717) is 6.61 Å². The molecule has 4 nitrogen and oxygen atoms in total. The van der Waals surface area contributed by atoms with Gasteiger partial charge in [0.15, 0.2) is 5.13 Å². The van der Waals surface area contributed by atoms with Crippen LogP contribution >= 0.6 is 11.3 Å². The maximum Gasteiger partial charge on any atom is 0.190 e. The summed E-state index contributed by atoms with van der Waals surface area (Å²) in [5.74, 6) is 0. The number of hydrogen-bond acceptors (Lipinski definition) is 5. The predicted molar refractivity (Wildman–Crippen MR) is 82.6 cm³/mol. The molecule has 2 aromatic rings. The quantitative estimate of drug-likeness (QED) is 0.888. The third kappa shape index (κ3) is 3.17. The Morgan fingerprint density at radius 3 is 2.55 bits per heavy atom. The molecule has 1 heterocycles. The lowest BCUT2D eigenvalue weighted by Crippen LogP contribution is -2.09. The number of anilines is 2. The van der Waals surface area contributed by atoms with Crippen LogP contribution in [0, 0.1) is 0 Å². The number of thiazole rings is 1. The summed E-state index contributed by atoms with van der Waals surface area (Å²) in [7, 11) is 3.62. The summed E-state index contributed by atoms with van der Waals surface area (Å²) in [6.45, 7) is 2.57. The number of aryl methyl sites for hydroxylation is 1. The van der Waals surface area contributed by atoms with Crippen molar-refractivity contribution >= 4 is 22.2 Å². The number of nitrogens with zero attached hydrogens (tertiary/aromatic N) is 2. The van der Waals surface area contributed by atoms with Crippen LogP contribution < -0.4 is 4.90 Å². The third-order valence-electron chi connectivity index (χ3n) is 3.21. The van der Waals surface area contributed by atoms with Gasteiger partial charge in [-0.3, -0.25) is 0 Å². The van der Waals surface area contributed by atoms with Gasteiger partial charge in [0.1, 0.15) is 0 Å². The third-order valence-corrected chi connectivity index (χ3v) is 4.37. The van der Waals surface area contributed by atoms with Crippen molar-refractivity contribution in [2.24, 2.45) is 0 Å². The summed E-state index contributed by atoms with van der Waals surface area (Å²) in [6, 6.07) is 8.44. The molecular weight excluding hydrogens is 272 g/mol. The molecule has 0 unspecified atom stereocenters. The van der Waals surface area contributed by atoms with Crippen molar-refractivity contribution in [1.29, 1.82) is 0 Å². The molecule has 0 aliphatic carbocycles. The Balaban J connectivity index is 2.25. The number of aliphatic hydroxyl groups excluding tert-OH is 1. The predicted octanol–water partition coefficient (Wildman–Crippen LogP) is 3.11. The lowest BCUT2D eigenvalue weighted by molar-refractivity contribution is 0.179. The van der Waals surface area contributed by atoms with Crippen LogP contribution in [0.4, 0.5) is 10.8 Å². The Bertz CT molecular complexity index is 552. The lowest BCUT2D eigenvalue weighted by Gasteiger charge is -2.16. The maximum atomic E-state index is 9.38. The molecule has 1 aromatic heterocycles. The van der Waals surface area contributed by atoms with E-state index in [1.165, 1.54) is 16.9 Å². The second-order valence-corrected chi connectivity index (χ2v) is 5.60. The molecule has 0 saturated carbocycles. The first-order valence-corrected chi connectivity index (χ1v) is 7.42. The number of aliphatic hydroxyl groups is 1. The fourth-order valence-electron chi connectivity index (χ4n) is 1.95. The highest BCUT2D eigenvalue weighted by atomic mass is 32.1. The fourth-order valence-corrected chi connectivity index (χ4v) is 2.86. The van der Waals surface area contributed by atoms with E-state index in [9.17, 15) is 5.11 Å². The van der Waals surface area contributed by atoms with Crippen molar-refractivity contribution < 1.29 is 9.84 Å². The van der Waals surface area contributed by atoms with Gasteiger partial charge in [0, 0.05) is 19.8 Å². The van der Waals surface area contributed by atoms with Gasteiger partial charge in [-0.05, 0) is 24.1 Å². The van der Waals surface area contributed by atoms with Crippen LogP contribution in [-0.4, -0.2) is 24.2 Å². The van der Waals surface area contributed by atoms with E-state index in [4.69, 9.17) is 4.74 Å². The molecule has 1 aromatic carbocycles.